The Morgan fingerprint density at radius 2 is 2.38 bits per heavy atom. The summed E-state index contributed by atoms with van der Waals surface area (Å²) in [7, 11) is 0. The van der Waals surface area contributed by atoms with Gasteiger partial charge in [0, 0.05) is 18.0 Å². The summed E-state index contributed by atoms with van der Waals surface area (Å²) < 4.78 is 5.04. The molecule has 0 aromatic rings. The molecule has 74 valence electrons. The number of amides is 1. The second-order valence-electron chi connectivity index (χ2n) is 2.05. The smallest absolute Gasteiger partial charge is 0.230 e. The van der Waals surface area contributed by atoms with Crippen molar-refractivity contribution in [1.82, 2.24) is 5.32 Å². The predicted molar refractivity (Wildman–Crippen MR) is 51.6 cm³/mol. The molecule has 0 fully saturated rings. The highest BCUT2D eigenvalue weighted by atomic mass is 79.9. The van der Waals surface area contributed by atoms with E-state index in [1.165, 1.54) is 0 Å². The van der Waals surface area contributed by atoms with Gasteiger partial charge in [-0.15, -0.1) is 0 Å². The molecule has 1 N–H and O–H groups in total. The minimum Gasteiger partial charge on any atom is -0.379 e. The summed E-state index contributed by atoms with van der Waals surface area (Å²) in [5, 5.41) is 6.19. The van der Waals surface area contributed by atoms with E-state index < -0.39 is 0 Å². The van der Waals surface area contributed by atoms with Gasteiger partial charge >= 0.3 is 0 Å². The maximum Gasteiger partial charge on any atom is 0.230 e. The molecule has 0 aliphatic carbocycles. The number of carbonyl (C=O) groups is 1. The molecule has 0 radical (unpaired) electrons. The fraction of sp³-hybridized carbons (Fsp3) is 0.833. The van der Waals surface area contributed by atoms with Crippen LogP contribution in [0.2, 0.25) is 0 Å². The Balaban J connectivity index is 3.08. The number of hydrogen-bond acceptors (Lipinski definition) is 3. The highest BCUT2D eigenvalue weighted by Gasteiger charge is 1.95. The van der Waals surface area contributed by atoms with E-state index in [2.05, 4.69) is 31.3 Å². The van der Waals surface area contributed by atoms with Gasteiger partial charge in [-0.2, -0.15) is 0 Å². The molecule has 0 aromatic carbocycles. The standard InChI is InChI=1S/C6H11BrN4O2/c7-5-6(12)9-1-3-13-4-2-10-11-8/h1-5H2,(H,9,12). The molecule has 0 saturated heterocycles. The number of nitrogens with zero attached hydrogens (tertiary/aromatic N) is 3. The minimum atomic E-state index is -0.0707. The van der Waals surface area contributed by atoms with E-state index in [1.807, 2.05) is 0 Å². The number of carbonyl (C=O) groups excluding carboxylic acids is 1. The van der Waals surface area contributed by atoms with Gasteiger partial charge in [-0.05, 0) is 5.53 Å². The van der Waals surface area contributed by atoms with Crippen LogP contribution in [0.5, 0.6) is 0 Å². The normalized spacial score (nSPS) is 9.00. The first-order chi connectivity index (χ1) is 6.31. The van der Waals surface area contributed by atoms with Gasteiger partial charge in [0.15, 0.2) is 0 Å². The van der Waals surface area contributed by atoms with Crippen molar-refractivity contribution in [2.45, 2.75) is 0 Å². The molecule has 0 spiro atoms. The SMILES string of the molecule is [N-]=[N+]=NCCOCCNC(=O)CBr. The lowest BCUT2D eigenvalue weighted by molar-refractivity contribution is -0.118. The van der Waals surface area contributed by atoms with Crippen molar-refractivity contribution in [2.24, 2.45) is 5.11 Å². The zero-order valence-corrected chi connectivity index (χ0v) is 8.66. The third-order valence-electron chi connectivity index (χ3n) is 1.09. The third kappa shape index (κ3) is 9.13. The van der Waals surface area contributed by atoms with Crippen LogP contribution in [0.25, 0.3) is 10.4 Å². The third-order valence-corrected chi connectivity index (χ3v) is 1.60. The number of rotatable bonds is 7. The van der Waals surface area contributed by atoms with Gasteiger partial charge in [0.2, 0.25) is 5.91 Å². The van der Waals surface area contributed by atoms with Crippen LogP contribution in [0.3, 0.4) is 0 Å². The summed E-state index contributed by atoms with van der Waals surface area (Å²) in [5.41, 5.74) is 7.91. The maximum absolute atomic E-state index is 10.7. The average molecular weight is 251 g/mol. The van der Waals surface area contributed by atoms with Crippen molar-refractivity contribution in [3.05, 3.63) is 10.4 Å². The van der Waals surface area contributed by atoms with Gasteiger partial charge in [0.25, 0.3) is 0 Å². The molecule has 0 aliphatic rings. The van der Waals surface area contributed by atoms with E-state index in [-0.39, 0.29) is 5.91 Å². The van der Waals surface area contributed by atoms with E-state index in [9.17, 15) is 4.79 Å². The molecule has 0 unspecified atom stereocenters. The zero-order valence-electron chi connectivity index (χ0n) is 7.07. The fourth-order valence-corrected chi connectivity index (χ4v) is 0.760. The minimum absolute atomic E-state index is 0.0707. The second kappa shape index (κ2) is 9.31. The molecule has 0 bridgehead atoms. The summed E-state index contributed by atoms with van der Waals surface area (Å²) in [6.45, 7) is 1.61. The number of azide groups is 1. The summed E-state index contributed by atoms with van der Waals surface area (Å²) in [6.07, 6.45) is 0. The molecule has 0 rings (SSSR count). The highest BCUT2D eigenvalue weighted by Crippen LogP contribution is 1.79. The van der Waals surface area contributed by atoms with E-state index in [1.54, 1.807) is 0 Å². The molecule has 1 amide bonds. The Morgan fingerprint density at radius 1 is 1.62 bits per heavy atom. The molecule has 13 heavy (non-hydrogen) atoms. The summed E-state index contributed by atoms with van der Waals surface area (Å²) in [4.78, 5) is 13.2. The van der Waals surface area contributed by atoms with Crippen LogP contribution >= 0.6 is 15.9 Å². The fourth-order valence-electron chi connectivity index (χ4n) is 0.562. The van der Waals surface area contributed by atoms with Crippen LogP contribution in [0.1, 0.15) is 0 Å². The Hall–Kier alpha value is -0.780. The number of alkyl halides is 1. The topological polar surface area (TPSA) is 87.1 Å². The van der Waals surface area contributed by atoms with Crippen molar-refractivity contribution in [3.8, 4) is 0 Å². The van der Waals surface area contributed by atoms with E-state index >= 15 is 0 Å². The molecular weight excluding hydrogens is 240 g/mol. The summed E-state index contributed by atoms with van der Waals surface area (Å²) in [5.74, 6) is -0.0707. The van der Waals surface area contributed by atoms with Gasteiger partial charge in [-0.25, -0.2) is 0 Å². The largest absolute Gasteiger partial charge is 0.379 e. The lowest BCUT2D eigenvalue weighted by Gasteiger charge is -2.02. The first kappa shape index (κ1) is 12.2. The van der Waals surface area contributed by atoms with E-state index in [0.717, 1.165) is 0 Å². The Morgan fingerprint density at radius 3 is 3.00 bits per heavy atom. The van der Waals surface area contributed by atoms with Gasteiger partial charge in [-0.3, -0.25) is 4.79 Å². The van der Waals surface area contributed by atoms with E-state index in [0.29, 0.717) is 31.6 Å². The monoisotopic (exact) mass is 250 g/mol. The van der Waals surface area contributed by atoms with Gasteiger partial charge < -0.3 is 10.1 Å². The second-order valence-corrected chi connectivity index (χ2v) is 2.61. The predicted octanol–water partition coefficient (Wildman–Crippen LogP) is 0.824. The highest BCUT2D eigenvalue weighted by molar-refractivity contribution is 9.09. The number of ether oxygens (including phenoxy) is 1. The van der Waals surface area contributed by atoms with Crippen molar-refractivity contribution in [1.29, 1.82) is 0 Å². The van der Waals surface area contributed by atoms with Gasteiger partial charge in [-0.1, -0.05) is 21.0 Å². The maximum atomic E-state index is 10.7. The zero-order chi connectivity index (χ0) is 9.94. The Labute approximate surface area is 84.4 Å². The molecule has 0 aromatic heterocycles. The number of halogens is 1. The van der Waals surface area contributed by atoms with Crippen LogP contribution in [0.15, 0.2) is 5.11 Å². The molecule has 0 atom stereocenters. The average Bonchev–Trinajstić information content (AvgIpc) is 2.16. The molecule has 7 heteroatoms. The van der Waals surface area contributed by atoms with Crippen molar-refractivity contribution >= 4 is 21.8 Å². The van der Waals surface area contributed by atoms with Gasteiger partial charge in [0.1, 0.15) is 0 Å². The van der Waals surface area contributed by atoms with Crippen LogP contribution < -0.4 is 5.32 Å². The number of hydrogen-bond donors (Lipinski definition) is 1. The lowest BCUT2D eigenvalue weighted by atomic mass is 10.6. The van der Waals surface area contributed by atoms with Crippen LogP contribution in [0.4, 0.5) is 0 Å². The Bertz CT molecular complexity index is 193. The first-order valence-corrected chi connectivity index (χ1v) is 4.84. The summed E-state index contributed by atoms with van der Waals surface area (Å²) in [6, 6.07) is 0. The lowest BCUT2D eigenvalue weighted by Crippen LogP contribution is -2.28. The quantitative estimate of drug-likeness (QED) is 0.239. The van der Waals surface area contributed by atoms with E-state index in [4.69, 9.17) is 10.3 Å². The number of nitrogens with one attached hydrogen (secondary N) is 1. The van der Waals surface area contributed by atoms with Crippen molar-refractivity contribution in [3.63, 3.8) is 0 Å². The van der Waals surface area contributed by atoms with Crippen LogP contribution in [-0.4, -0.2) is 37.5 Å². The molecule has 0 heterocycles. The molecule has 0 saturated carbocycles. The molecule has 0 aliphatic heterocycles. The summed E-state index contributed by atoms with van der Waals surface area (Å²) >= 11 is 3.01. The van der Waals surface area contributed by atoms with Gasteiger partial charge in [0.05, 0.1) is 18.5 Å². The van der Waals surface area contributed by atoms with Crippen molar-refractivity contribution in [2.75, 3.05) is 31.6 Å². The van der Waals surface area contributed by atoms with Crippen LogP contribution in [-0.2, 0) is 9.53 Å². The van der Waals surface area contributed by atoms with Crippen LogP contribution in [0, 0.1) is 0 Å². The van der Waals surface area contributed by atoms with Crippen molar-refractivity contribution < 1.29 is 9.53 Å². The Kier molecular flexibility index (Phi) is 8.75. The molecule has 6 nitrogen and oxygen atoms in total. The first-order valence-electron chi connectivity index (χ1n) is 3.72. The molecular formula is C6H11BrN4O2.